The molecule has 1 atom stereocenters. The van der Waals surface area contributed by atoms with E-state index in [2.05, 4.69) is 10.6 Å². The van der Waals surface area contributed by atoms with Gasteiger partial charge in [-0.3, -0.25) is 4.79 Å². The zero-order valence-corrected chi connectivity index (χ0v) is 13.8. The van der Waals surface area contributed by atoms with E-state index in [4.69, 9.17) is 9.47 Å². The van der Waals surface area contributed by atoms with Crippen molar-refractivity contribution >= 4 is 21.6 Å². The number of anilines is 1. The van der Waals surface area contributed by atoms with Crippen LogP contribution in [0.3, 0.4) is 0 Å². The molecule has 1 fully saturated rings. The Labute approximate surface area is 134 Å². The molecule has 0 radical (unpaired) electrons. The molecule has 0 spiro atoms. The Morgan fingerprint density at radius 1 is 1.39 bits per heavy atom. The maximum absolute atomic E-state index is 12.9. The van der Waals surface area contributed by atoms with Gasteiger partial charge in [-0.2, -0.15) is 4.31 Å². The molecule has 9 heteroatoms. The van der Waals surface area contributed by atoms with Crippen molar-refractivity contribution in [1.29, 1.82) is 0 Å². The van der Waals surface area contributed by atoms with Crippen molar-refractivity contribution in [3.63, 3.8) is 0 Å². The van der Waals surface area contributed by atoms with E-state index in [1.54, 1.807) is 0 Å². The number of fused-ring (bicyclic) bond motifs is 1. The minimum absolute atomic E-state index is 0.0454. The normalized spacial score (nSPS) is 22.0. The first-order valence-corrected chi connectivity index (χ1v) is 8.74. The molecule has 1 saturated heterocycles. The molecular weight excluding hydrogens is 322 g/mol. The van der Waals surface area contributed by atoms with Crippen LogP contribution in [0.15, 0.2) is 17.0 Å². The monoisotopic (exact) mass is 341 g/mol. The Balaban J connectivity index is 2.02. The average Bonchev–Trinajstić information content (AvgIpc) is 2.53. The topological polar surface area (TPSA) is 97.0 Å². The lowest BCUT2D eigenvalue weighted by atomic mass is 10.2. The van der Waals surface area contributed by atoms with Gasteiger partial charge in [0, 0.05) is 37.8 Å². The van der Waals surface area contributed by atoms with Gasteiger partial charge in [0.15, 0.2) is 6.61 Å². The third kappa shape index (κ3) is 2.99. The van der Waals surface area contributed by atoms with E-state index in [1.807, 2.05) is 6.92 Å². The van der Waals surface area contributed by atoms with Gasteiger partial charge in [0.1, 0.15) is 16.4 Å². The fourth-order valence-electron chi connectivity index (χ4n) is 2.70. The number of nitrogens with one attached hydrogen (secondary N) is 2. The summed E-state index contributed by atoms with van der Waals surface area (Å²) in [7, 11) is -2.31. The van der Waals surface area contributed by atoms with Crippen LogP contribution in [0.2, 0.25) is 0 Å². The van der Waals surface area contributed by atoms with Gasteiger partial charge in [0.2, 0.25) is 10.0 Å². The second-order valence-electron chi connectivity index (χ2n) is 5.55. The zero-order chi connectivity index (χ0) is 16.6. The summed E-state index contributed by atoms with van der Waals surface area (Å²) in [5.41, 5.74) is 0.408. The van der Waals surface area contributed by atoms with E-state index in [-0.39, 0.29) is 29.2 Å². The van der Waals surface area contributed by atoms with E-state index >= 15 is 0 Å². The lowest BCUT2D eigenvalue weighted by Crippen LogP contribution is -2.51. The fraction of sp³-hybridized carbons (Fsp3) is 0.500. The van der Waals surface area contributed by atoms with Crippen molar-refractivity contribution in [3.05, 3.63) is 12.1 Å². The lowest BCUT2D eigenvalue weighted by Gasteiger charge is -2.31. The molecule has 0 aliphatic carbocycles. The zero-order valence-electron chi connectivity index (χ0n) is 13.0. The van der Waals surface area contributed by atoms with E-state index in [0.717, 1.165) is 0 Å². The lowest BCUT2D eigenvalue weighted by molar-refractivity contribution is -0.118. The molecule has 23 heavy (non-hydrogen) atoms. The van der Waals surface area contributed by atoms with Crippen LogP contribution in [0.1, 0.15) is 6.92 Å². The predicted molar refractivity (Wildman–Crippen MR) is 83.3 cm³/mol. The Kier molecular flexibility index (Phi) is 4.17. The molecule has 126 valence electrons. The number of rotatable bonds is 3. The average molecular weight is 341 g/mol. The third-order valence-electron chi connectivity index (χ3n) is 3.85. The molecule has 0 saturated carbocycles. The number of hydrogen-bond acceptors (Lipinski definition) is 6. The summed E-state index contributed by atoms with van der Waals surface area (Å²) in [5.74, 6) is 0.221. The van der Waals surface area contributed by atoms with Gasteiger partial charge >= 0.3 is 0 Å². The number of carbonyl (C=O) groups is 1. The summed E-state index contributed by atoms with van der Waals surface area (Å²) in [6.07, 6.45) is 0. The number of methoxy groups -OCH3 is 1. The largest absolute Gasteiger partial charge is 0.495 e. The van der Waals surface area contributed by atoms with Crippen molar-refractivity contribution in [2.45, 2.75) is 17.9 Å². The van der Waals surface area contributed by atoms with E-state index < -0.39 is 10.0 Å². The van der Waals surface area contributed by atoms with Crippen LogP contribution in [0.25, 0.3) is 0 Å². The van der Waals surface area contributed by atoms with Crippen LogP contribution in [0.5, 0.6) is 11.5 Å². The van der Waals surface area contributed by atoms with E-state index in [0.29, 0.717) is 31.1 Å². The number of amides is 1. The van der Waals surface area contributed by atoms with Gasteiger partial charge in [0.25, 0.3) is 5.91 Å². The van der Waals surface area contributed by atoms with Crippen molar-refractivity contribution in [2.24, 2.45) is 0 Å². The van der Waals surface area contributed by atoms with E-state index in [9.17, 15) is 13.2 Å². The number of piperazine rings is 1. The van der Waals surface area contributed by atoms with Gasteiger partial charge < -0.3 is 20.1 Å². The molecule has 2 heterocycles. The van der Waals surface area contributed by atoms with Gasteiger partial charge in [-0.05, 0) is 6.92 Å². The quantitative estimate of drug-likeness (QED) is 0.804. The molecule has 2 aliphatic heterocycles. The Morgan fingerprint density at radius 3 is 2.87 bits per heavy atom. The Hall–Kier alpha value is -1.84. The highest BCUT2D eigenvalue weighted by Crippen LogP contribution is 2.38. The number of sulfonamides is 1. The maximum Gasteiger partial charge on any atom is 0.262 e. The summed E-state index contributed by atoms with van der Waals surface area (Å²) in [6, 6.07) is 2.97. The standard InChI is InChI=1S/C14H19N3O5S/c1-9-7-17(4-3-15-9)23(19,20)13-6-11-10(5-12(13)21-2)16-14(18)8-22-11/h5-6,9,15H,3-4,7-8H2,1-2H3,(H,16,18)/t9-/m1/s1. The molecule has 2 aliphatic rings. The smallest absolute Gasteiger partial charge is 0.262 e. The highest BCUT2D eigenvalue weighted by atomic mass is 32.2. The maximum atomic E-state index is 12.9. The number of nitrogens with zero attached hydrogens (tertiary/aromatic N) is 1. The van der Waals surface area contributed by atoms with Crippen LogP contribution < -0.4 is 20.1 Å². The van der Waals surface area contributed by atoms with Crippen LogP contribution in [0.4, 0.5) is 5.69 Å². The summed E-state index contributed by atoms with van der Waals surface area (Å²) in [6.45, 7) is 3.18. The van der Waals surface area contributed by atoms with Crippen molar-refractivity contribution < 1.29 is 22.7 Å². The Morgan fingerprint density at radius 2 is 2.17 bits per heavy atom. The van der Waals surface area contributed by atoms with Gasteiger partial charge in [-0.1, -0.05) is 0 Å². The van der Waals surface area contributed by atoms with Gasteiger partial charge in [-0.25, -0.2) is 8.42 Å². The SMILES string of the molecule is COc1cc2c(cc1S(=O)(=O)N1CCN[C@H](C)C1)OCC(=O)N2. The summed E-state index contributed by atoms with van der Waals surface area (Å²) in [4.78, 5) is 11.4. The third-order valence-corrected chi connectivity index (χ3v) is 5.73. The molecule has 2 N–H and O–H groups in total. The summed E-state index contributed by atoms with van der Waals surface area (Å²) >= 11 is 0. The number of hydrogen-bond donors (Lipinski definition) is 2. The molecule has 1 aromatic carbocycles. The first-order chi connectivity index (χ1) is 10.9. The predicted octanol–water partition coefficient (Wildman–Crippen LogP) is 0.00850. The van der Waals surface area contributed by atoms with Gasteiger partial charge in [0.05, 0.1) is 12.8 Å². The fourth-order valence-corrected chi connectivity index (χ4v) is 4.39. The molecule has 8 nitrogen and oxygen atoms in total. The molecular formula is C14H19N3O5S. The molecule has 1 aromatic rings. The van der Waals surface area contributed by atoms with Crippen LogP contribution in [0, 0.1) is 0 Å². The first kappa shape index (κ1) is 16.0. The van der Waals surface area contributed by atoms with Crippen LogP contribution in [-0.4, -0.2) is 58.0 Å². The highest BCUT2D eigenvalue weighted by Gasteiger charge is 2.32. The van der Waals surface area contributed by atoms with Crippen molar-refractivity contribution in [3.8, 4) is 11.5 Å². The van der Waals surface area contributed by atoms with Crippen LogP contribution >= 0.6 is 0 Å². The second kappa shape index (κ2) is 5.99. The number of benzene rings is 1. The first-order valence-electron chi connectivity index (χ1n) is 7.30. The second-order valence-corrected chi connectivity index (χ2v) is 7.46. The van der Waals surface area contributed by atoms with Crippen molar-refractivity contribution in [2.75, 3.05) is 38.7 Å². The van der Waals surface area contributed by atoms with Crippen molar-refractivity contribution in [1.82, 2.24) is 9.62 Å². The molecule has 0 bridgehead atoms. The molecule has 0 aromatic heterocycles. The van der Waals surface area contributed by atoms with E-state index in [1.165, 1.54) is 23.5 Å². The van der Waals surface area contributed by atoms with Gasteiger partial charge in [-0.15, -0.1) is 0 Å². The molecule has 1 amide bonds. The number of carbonyl (C=O) groups excluding carboxylic acids is 1. The minimum Gasteiger partial charge on any atom is -0.495 e. The Bertz CT molecular complexity index is 734. The summed E-state index contributed by atoms with van der Waals surface area (Å²) < 4.78 is 37.8. The van der Waals surface area contributed by atoms with Crippen LogP contribution in [-0.2, 0) is 14.8 Å². The number of ether oxygens (including phenoxy) is 2. The summed E-state index contributed by atoms with van der Waals surface area (Å²) in [5, 5.41) is 5.85. The molecule has 3 rings (SSSR count). The highest BCUT2D eigenvalue weighted by molar-refractivity contribution is 7.89. The molecule has 0 unspecified atom stereocenters. The minimum atomic E-state index is -3.71.